The predicted octanol–water partition coefficient (Wildman–Crippen LogP) is -0.269. The summed E-state index contributed by atoms with van der Waals surface area (Å²) in [5.74, 6) is -0.168. The number of nitrogens with one attached hydrogen (secondary N) is 1. The van der Waals surface area contributed by atoms with Crippen molar-refractivity contribution in [2.24, 2.45) is 0 Å². The van der Waals surface area contributed by atoms with Crippen molar-refractivity contribution in [3.8, 4) is 0 Å². The SMILES string of the molecule is CC(C)NS(=O)(=O)N1CCSCC1C(=O)O. The number of hydrogen-bond acceptors (Lipinski definition) is 4. The number of nitrogens with zero attached hydrogens (tertiary/aromatic N) is 1. The van der Waals surface area contributed by atoms with Crippen molar-refractivity contribution in [2.45, 2.75) is 25.9 Å². The van der Waals surface area contributed by atoms with Gasteiger partial charge in [0.15, 0.2) is 0 Å². The summed E-state index contributed by atoms with van der Waals surface area (Å²) in [7, 11) is -3.69. The molecule has 6 nitrogen and oxygen atoms in total. The van der Waals surface area contributed by atoms with Crippen LogP contribution in [0.4, 0.5) is 0 Å². The zero-order valence-electron chi connectivity index (χ0n) is 9.21. The van der Waals surface area contributed by atoms with E-state index in [4.69, 9.17) is 5.11 Å². The number of carboxylic acids is 1. The second-order valence-corrected chi connectivity index (χ2v) is 6.62. The van der Waals surface area contributed by atoms with Crippen LogP contribution >= 0.6 is 11.8 Å². The molecule has 1 rings (SSSR count). The summed E-state index contributed by atoms with van der Waals surface area (Å²) in [4.78, 5) is 10.9. The average molecular weight is 268 g/mol. The topological polar surface area (TPSA) is 86.7 Å². The predicted molar refractivity (Wildman–Crippen MR) is 62.6 cm³/mol. The smallest absolute Gasteiger partial charge is 0.322 e. The molecule has 1 saturated heterocycles. The lowest BCUT2D eigenvalue weighted by molar-refractivity contribution is -0.140. The van der Waals surface area contributed by atoms with Crippen LogP contribution in [0, 0.1) is 0 Å². The van der Waals surface area contributed by atoms with Crippen molar-refractivity contribution in [2.75, 3.05) is 18.1 Å². The van der Waals surface area contributed by atoms with Gasteiger partial charge in [0.2, 0.25) is 0 Å². The second-order valence-electron chi connectivity index (χ2n) is 3.82. The Bertz CT molecular complexity index is 355. The van der Waals surface area contributed by atoms with Gasteiger partial charge in [-0.15, -0.1) is 0 Å². The van der Waals surface area contributed by atoms with Crippen LogP contribution in [-0.4, -0.2) is 53.9 Å². The lowest BCUT2D eigenvalue weighted by Crippen LogP contribution is -2.55. The van der Waals surface area contributed by atoms with Gasteiger partial charge in [0.1, 0.15) is 6.04 Å². The Morgan fingerprint density at radius 3 is 2.69 bits per heavy atom. The van der Waals surface area contributed by atoms with E-state index in [1.807, 2.05) is 0 Å². The van der Waals surface area contributed by atoms with Crippen LogP contribution in [-0.2, 0) is 15.0 Å². The van der Waals surface area contributed by atoms with Crippen LogP contribution in [0.2, 0.25) is 0 Å². The van der Waals surface area contributed by atoms with Gasteiger partial charge in [-0.3, -0.25) is 4.79 Å². The largest absolute Gasteiger partial charge is 0.480 e. The summed E-state index contributed by atoms with van der Waals surface area (Å²) in [5, 5.41) is 8.96. The zero-order valence-corrected chi connectivity index (χ0v) is 10.8. The van der Waals surface area contributed by atoms with Gasteiger partial charge in [0.05, 0.1) is 0 Å². The molecule has 0 spiro atoms. The molecule has 0 saturated carbocycles. The molecule has 8 heteroatoms. The maximum atomic E-state index is 11.9. The molecular weight excluding hydrogens is 252 g/mol. The summed E-state index contributed by atoms with van der Waals surface area (Å²) >= 11 is 1.46. The van der Waals surface area contributed by atoms with Crippen LogP contribution in [0.25, 0.3) is 0 Å². The third-order valence-electron chi connectivity index (χ3n) is 2.06. The second kappa shape index (κ2) is 5.35. The Labute approximate surface area is 99.6 Å². The van der Waals surface area contributed by atoms with E-state index in [2.05, 4.69) is 4.72 Å². The van der Waals surface area contributed by atoms with Gasteiger partial charge in [-0.2, -0.15) is 29.2 Å². The van der Waals surface area contributed by atoms with Crippen molar-refractivity contribution in [1.82, 2.24) is 9.03 Å². The number of hydrogen-bond donors (Lipinski definition) is 2. The molecule has 0 aromatic heterocycles. The van der Waals surface area contributed by atoms with E-state index in [1.54, 1.807) is 13.8 Å². The van der Waals surface area contributed by atoms with Crippen LogP contribution in [0.5, 0.6) is 0 Å². The molecule has 0 aromatic rings. The Morgan fingerprint density at radius 1 is 1.56 bits per heavy atom. The van der Waals surface area contributed by atoms with Gasteiger partial charge in [-0.25, -0.2) is 0 Å². The van der Waals surface area contributed by atoms with Gasteiger partial charge < -0.3 is 5.11 Å². The molecule has 0 bridgehead atoms. The molecule has 16 heavy (non-hydrogen) atoms. The molecule has 0 radical (unpaired) electrons. The Kier molecular flexibility index (Phi) is 4.60. The van der Waals surface area contributed by atoms with E-state index in [1.165, 1.54) is 11.8 Å². The van der Waals surface area contributed by atoms with Crippen LogP contribution in [0.3, 0.4) is 0 Å². The maximum absolute atomic E-state index is 11.9. The molecule has 1 atom stereocenters. The summed E-state index contributed by atoms with van der Waals surface area (Å²) in [6.07, 6.45) is 0. The Balaban J connectivity index is 2.86. The molecule has 0 aromatic carbocycles. The maximum Gasteiger partial charge on any atom is 0.322 e. The first-order valence-corrected chi connectivity index (χ1v) is 7.53. The molecule has 1 unspecified atom stereocenters. The molecule has 1 aliphatic rings. The molecule has 1 aliphatic heterocycles. The summed E-state index contributed by atoms with van der Waals surface area (Å²) in [6, 6.07) is -1.20. The number of aliphatic carboxylic acids is 1. The number of rotatable bonds is 4. The number of carbonyl (C=O) groups is 1. The minimum Gasteiger partial charge on any atom is -0.480 e. The highest BCUT2D eigenvalue weighted by Gasteiger charge is 2.37. The molecule has 0 aliphatic carbocycles. The number of thioether (sulfide) groups is 1. The molecule has 2 N–H and O–H groups in total. The van der Waals surface area contributed by atoms with Crippen LogP contribution in [0.15, 0.2) is 0 Å². The fourth-order valence-electron chi connectivity index (χ4n) is 1.44. The first kappa shape index (κ1) is 13.8. The third kappa shape index (κ3) is 3.34. The highest BCUT2D eigenvalue weighted by molar-refractivity contribution is 7.99. The molecule has 1 fully saturated rings. The highest BCUT2D eigenvalue weighted by Crippen LogP contribution is 2.19. The zero-order chi connectivity index (χ0) is 12.3. The first-order chi connectivity index (χ1) is 7.34. The Hall–Kier alpha value is -0.310. The van der Waals surface area contributed by atoms with Gasteiger partial charge in [-0.05, 0) is 13.8 Å². The molecule has 1 heterocycles. The first-order valence-electron chi connectivity index (χ1n) is 4.94. The quantitative estimate of drug-likeness (QED) is 0.733. The van der Waals surface area contributed by atoms with Crippen LogP contribution in [0.1, 0.15) is 13.8 Å². The molecule has 94 valence electrons. The van der Waals surface area contributed by atoms with Crippen LogP contribution < -0.4 is 4.72 Å². The fraction of sp³-hybridized carbons (Fsp3) is 0.875. The van der Waals surface area contributed by atoms with Crippen molar-refractivity contribution in [3.05, 3.63) is 0 Å². The number of carboxylic acid groups (broad SMARTS) is 1. The van der Waals surface area contributed by atoms with Crippen molar-refractivity contribution in [1.29, 1.82) is 0 Å². The van der Waals surface area contributed by atoms with E-state index in [0.717, 1.165) is 4.31 Å². The minimum atomic E-state index is -3.69. The van der Waals surface area contributed by atoms with E-state index >= 15 is 0 Å². The van der Waals surface area contributed by atoms with E-state index < -0.39 is 22.2 Å². The Morgan fingerprint density at radius 2 is 2.19 bits per heavy atom. The molecular formula is C8H16N2O4S2. The normalized spacial score (nSPS) is 23.6. The standard InChI is InChI=1S/C8H16N2O4S2/c1-6(2)9-16(13,14)10-3-4-15-5-7(10)8(11)12/h6-7,9H,3-5H2,1-2H3,(H,11,12). The fourth-order valence-corrected chi connectivity index (χ4v) is 4.25. The van der Waals surface area contributed by atoms with Crippen molar-refractivity contribution in [3.63, 3.8) is 0 Å². The summed E-state index contributed by atoms with van der Waals surface area (Å²) in [5.41, 5.74) is 0. The lowest BCUT2D eigenvalue weighted by Gasteiger charge is -2.32. The van der Waals surface area contributed by atoms with Gasteiger partial charge >= 0.3 is 5.97 Å². The minimum absolute atomic E-state index is 0.240. The lowest BCUT2D eigenvalue weighted by atomic mass is 10.3. The van der Waals surface area contributed by atoms with Gasteiger partial charge in [-0.1, -0.05) is 0 Å². The molecule has 0 amide bonds. The van der Waals surface area contributed by atoms with Gasteiger partial charge in [0, 0.05) is 24.1 Å². The van der Waals surface area contributed by atoms with E-state index in [9.17, 15) is 13.2 Å². The van der Waals surface area contributed by atoms with Crippen molar-refractivity contribution < 1.29 is 18.3 Å². The third-order valence-corrected chi connectivity index (χ3v) is 4.90. The summed E-state index contributed by atoms with van der Waals surface area (Å²) < 4.78 is 27.1. The van der Waals surface area contributed by atoms with E-state index in [-0.39, 0.29) is 12.6 Å². The van der Waals surface area contributed by atoms with E-state index in [0.29, 0.717) is 11.5 Å². The summed E-state index contributed by atoms with van der Waals surface area (Å²) in [6.45, 7) is 3.64. The van der Waals surface area contributed by atoms with Gasteiger partial charge in [0.25, 0.3) is 10.2 Å². The average Bonchev–Trinajstić information content (AvgIpc) is 2.15. The van der Waals surface area contributed by atoms with Crippen molar-refractivity contribution >= 4 is 27.9 Å². The monoisotopic (exact) mass is 268 g/mol. The highest BCUT2D eigenvalue weighted by atomic mass is 32.2.